The van der Waals surface area contributed by atoms with Crippen molar-refractivity contribution in [2.75, 3.05) is 20.3 Å². The van der Waals surface area contributed by atoms with Gasteiger partial charge in [-0.1, -0.05) is 48.5 Å². The first-order valence-electron chi connectivity index (χ1n) is 11.0. The first-order valence-corrected chi connectivity index (χ1v) is 11.0. The molecule has 0 aliphatic carbocycles. The molecule has 0 spiro atoms. The molecule has 0 saturated heterocycles. The van der Waals surface area contributed by atoms with E-state index in [1.807, 2.05) is 83.5 Å². The molecule has 0 aliphatic heterocycles. The van der Waals surface area contributed by atoms with E-state index in [4.69, 9.17) is 14.6 Å². The van der Waals surface area contributed by atoms with E-state index in [1.54, 1.807) is 7.11 Å². The number of aromatic nitrogens is 2. The molecule has 3 aromatic carbocycles. The van der Waals surface area contributed by atoms with E-state index in [1.165, 1.54) is 0 Å². The van der Waals surface area contributed by atoms with Crippen LogP contribution in [-0.4, -0.2) is 35.9 Å². The van der Waals surface area contributed by atoms with Gasteiger partial charge in [0.25, 0.3) is 0 Å². The maximum absolute atomic E-state index is 12.3. The summed E-state index contributed by atoms with van der Waals surface area (Å²) in [6.45, 7) is 0.892. The third-order valence-corrected chi connectivity index (χ3v) is 5.19. The molecule has 6 heteroatoms. The predicted molar refractivity (Wildman–Crippen MR) is 129 cm³/mol. The maximum atomic E-state index is 12.3. The van der Waals surface area contributed by atoms with Crippen LogP contribution >= 0.6 is 0 Å². The second kappa shape index (κ2) is 11.0. The van der Waals surface area contributed by atoms with Gasteiger partial charge in [-0.25, -0.2) is 4.68 Å². The molecule has 0 aliphatic rings. The highest BCUT2D eigenvalue weighted by atomic mass is 16.5. The number of rotatable bonds is 10. The van der Waals surface area contributed by atoms with Gasteiger partial charge in [0.2, 0.25) is 5.91 Å². The largest absolute Gasteiger partial charge is 0.497 e. The number of ether oxygens (including phenoxy) is 2. The Morgan fingerprint density at radius 1 is 0.909 bits per heavy atom. The van der Waals surface area contributed by atoms with Crippen molar-refractivity contribution >= 4 is 5.91 Å². The number of benzene rings is 3. The van der Waals surface area contributed by atoms with Crippen LogP contribution in [0.3, 0.4) is 0 Å². The Balaban J connectivity index is 1.39. The van der Waals surface area contributed by atoms with E-state index in [-0.39, 0.29) is 5.91 Å². The molecule has 4 rings (SSSR count). The number of nitrogens with one attached hydrogen (secondary N) is 1. The van der Waals surface area contributed by atoms with Crippen molar-refractivity contribution in [1.29, 1.82) is 0 Å². The van der Waals surface area contributed by atoms with Crippen LogP contribution in [0.25, 0.3) is 16.9 Å². The number of hydrogen-bond acceptors (Lipinski definition) is 4. The number of carbonyl (C=O) groups is 1. The fourth-order valence-electron chi connectivity index (χ4n) is 3.49. The standard InChI is InChI=1S/C27H27N3O3/c1-32-24-15-13-23(14-16-24)30-26(21-8-4-2-5-9-21)20-22(29-30)12-17-27(31)28-18-19-33-25-10-6-3-7-11-25/h2-11,13-16,20H,12,17-19H2,1H3,(H,28,31). The number of amides is 1. The molecular formula is C27H27N3O3. The molecule has 6 nitrogen and oxygen atoms in total. The van der Waals surface area contributed by atoms with Gasteiger partial charge < -0.3 is 14.8 Å². The SMILES string of the molecule is COc1ccc(-n2nc(CCC(=O)NCCOc3ccccc3)cc2-c2ccccc2)cc1. The Bertz CT molecular complexity index is 1160. The Kier molecular flexibility index (Phi) is 7.38. The van der Waals surface area contributed by atoms with Gasteiger partial charge in [0.15, 0.2) is 0 Å². The van der Waals surface area contributed by atoms with Crippen LogP contribution in [-0.2, 0) is 11.2 Å². The molecule has 0 bridgehead atoms. The topological polar surface area (TPSA) is 65.4 Å². The van der Waals surface area contributed by atoms with Crippen LogP contribution < -0.4 is 14.8 Å². The summed E-state index contributed by atoms with van der Waals surface area (Å²) in [7, 11) is 1.65. The zero-order chi connectivity index (χ0) is 22.9. The number of para-hydroxylation sites is 1. The normalized spacial score (nSPS) is 10.6. The lowest BCUT2D eigenvalue weighted by Gasteiger charge is -2.08. The van der Waals surface area contributed by atoms with E-state index in [2.05, 4.69) is 17.4 Å². The summed E-state index contributed by atoms with van der Waals surface area (Å²) in [5.41, 5.74) is 3.84. The van der Waals surface area contributed by atoms with Crippen molar-refractivity contribution in [2.45, 2.75) is 12.8 Å². The summed E-state index contributed by atoms with van der Waals surface area (Å²) in [6.07, 6.45) is 0.910. The van der Waals surface area contributed by atoms with Crippen molar-refractivity contribution in [1.82, 2.24) is 15.1 Å². The molecule has 33 heavy (non-hydrogen) atoms. The summed E-state index contributed by atoms with van der Waals surface area (Å²) in [5, 5.41) is 7.70. The lowest BCUT2D eigenvalue weighted by atomic mass is 10.1. The number of aryl methyl sites for hydroxylation is 1. The monoisotopic (exact) mass is 441 g/mol. The molecule has 1 N–H and O–H groups in total. The Morgan fingerprint density at radius 3 is 2.30 bits per heavy atom. The van der Waals surface area contributed by atoms with Crippen LogP contribution in [0.2, 0.25) is 0 Å². The van der Waals surface area contributed by atoms with Gasteiger partial charge in [0, 0.05) is 18.4 Å². The van der Waals surface area contributed by atoms with Crippen molar-refractivity contribution in [3.05, 3.63) is 96.7 Å². The quantitative estimate of drug-likeness (QED) is 0.363. The Labute approximate surface area is 193 Å². The maximum Gasteiger partial charge on any atom is 0.220 e. The predicted octanol–water partition coefficient (Wildman–Crippen LogP) is 4.68. The van der Waals surface area contributed by atoms with E-state index >= 15 is 0 Å². The molecule has 1 aromatic heterocycles. The third kappa shape index (κ3) is 6.01. The highest BCUT2D eigenvalue weighted by Gasteiger charge is 2.13. The molecule has 0 fully saturated rings. The molecule has 168 valence electrons. The first kappa shape index (κ1) is 22.1. The van der Waals surface area contributed by atoms with E-state index in [9.17, 15) is 4.79 Å². The summed E-state index contributed by atoms with van der Waals surface area (Å²) in [4.78, 5) is 12.3. The summed E-state index contributed by atoms with van der Waals surface area (Å²) in [6, 6.07) is 29.5. The molecular weight excluding hydrogens is 414 g/mol. The second-order valence-electron chi connectivity index (χ2n) is 7.51. The summed E-state index contributed by atoms with van der Waals surface area (Å²) >= 11 is 0. The smallest absolute Gasteiger partial charge is 0.220 e. The molecule has 0 atom stereocenters. The van der Waals surface area contributed by atoms with Crippen LogP contribution in [0.1, 0.15) is 12.1 Å². The highest BCUT2D eigenvalue weighted by molar-refractivity contribution is 5.76. The van der Waals surface area contributed by atoms with Gasteiger partial charge in [0.1, 0.15) is 18.1 Å². The first-order chi connectivity index (χ1) is 16.2. The Hall–Kier alpha value is -4.06. The van der Waals surface area contributed by atoms with Gasteiger partial charge in [0.05, 0.1) is 30.7 Å². The zero-order valence-corrected chi connectivity index (χ0v) is 18.6. The Morgan fingerprint density at radius 2 is 1.61 bits per heavy atom. The summed E-state index contributed by atoms with van der Waals surface area (Å²) < 4.78 is 12.8. The number of hydrogen-bond donors (Lipinski definition) is 1. The van der Waals surface area contributed by atoms with Gasteiger partial charge in [-0.15, -0.1) is 0 Å². The molecule has 4 aromatic rings. The van der Waals surface area contributed by atoms with E-state index in [0.29, 0.717) is 26.0 Å². The lowest BCUT2D eigenvalue weighted by molar-refractivity contribution is -0.121. The molecule has 1 amide bonds. The minimum Gasteiger partial charge on any atom is -0.497 e. The van der Waals surface area contributed by atoms with Crippen molar-refractivity contribution in [3.63, 3.8) is 0 Å². The summed E-state index contributed by atoms with van der Waals surface area (Å²) in [5.74, 6) is 1.57. The van der Waals surface area contributed by atoms with Crippen LogP contribution in [0.5, 0.6) is 11.5 Å². The highest BCUT2D eigenvalue weighted by Crippen LogP contribution is 2.25. The lowest BCUT2D eigenvalue weighted by Crippen LogP contribution is -2.28. The van der Waals surface area contributed by atoms with Crippen molar-refractivity contribution in [3.8, 4) is 28.4 Å². The van der Waals surface area contributed by atoms with Crippen molar-refractivity contribution < 1.29 is 14.3 Å². The van der Waals surface area contributed by atoms with Gasteiger partial charge in [-0.3, -0.25) is 4.79 Å². The molecule has 0 unspecified atom stereocenters. The number of carbonyl (C=O) groups excluding carboxylic acids is 1. The third-order valence-electron chi connectivity index (χ3n) is 5.19. The average molecular weight is 442 g/mol. The fraction of sp³-hybridized carbons (Fsp3) is 0.185. The van der Waals surface area contributed by atoms with Gasteiger partial charge >= 0.3 is 0 Å². The van der Waals surface area contributed by atoms with Crippen molar-refractivity contribution in [2.24, 2.45) is 0 Å². The molecule has 1 heterocycles. The van der Waals surface area contributed by atoms with Gasteiger partial charge in [-0.2, -0.15) is 5.10 Å². The second-order valence-corrected chi connectivity index (χ2v) is 7.51. The van der Waals surface area contributed by atoms with Gasteiger partial charge in [-0.05, 0) is 42.5 Å². The zero-order valence-electron chi connectivity index (χ0n) is 18.6. The minimum absolute atomic E-state index is 0.0214. The number of methoxy groups -OCH3 is 1. The average Bonchev–Trinajstić information content (AvgIpc) is 3.31. The number of nitrogens with zero attached hydrogens (tertiary/aromatic N) is 2. The molecule has 0 radical (unpaired) electrons. The van der Waals surface area contributed by atoms with E-state index in [0.717, 1.165) is 34.1 Å². The van der Waals surface area contributed by atoms with Crippen LogP contribution in [0, 0.1) is 0 Å². The minimum atomic E-state index is -0.0214. The fourth-order valence-corrected chi connectivity index (χ4v) is 3.49. The van der Waals surface area contributed by atoms with Crippen LogP contribution in [0.4, 0.5) is 0 Å². The van der Waals surface area contributed by atoms with Crippen LogP contribution in [0.15, 0.2) is 91.0 Å². The van der Waals surface area contributed by atoms with E-state index < -0.39 is 0 Å². The molecule has 0 saturated carbocycles.